The first kappa shape index (κ1) is 18.4. The third-order valence-corrected chi connectivity index (χ3v) is 4.77. The first-order valence-electron chi connectivity index (χ1n) is 7.16. The van der Waals surface area contributed by atoms with Gasteiger partial charge < -0.3 is 9.47 Å². The smallest absolute Gasteiger partial charge is 0.306 e. The first-order valence-corrected chi connectivity index (χ1v) is 10.2. The Morgan fingerprint density at radius 1 is 0.800 bits per heavy atom. The molecule has 1 saturated carbocycles. The van der Waals surface area contributed by atoms with E-state index in [1.54, 1.807) is 0 Å². The lowest BCUT2D eigenvalue weighted by atomic mass is 9.95. The maximum absolute atomic E-state index is 11.5. The van der Waals surface area contributed by atoms with E-state index in [2.05, 4.69) is 45.2 Å². The summed E-state index contributed by atoms with van der Waals surface area (Å²) in [6.45, 7) is 0. The predicted molar refractivity (Wildman–Crippen MR) is 94.5 cm³/mol. The van der Waals surface area contributed by atoms with E-state index >= 15 is 0 Å². The standard InChI is InChI=1S/C14H22I2O4/c15-9-1-3-13(17)19-11-5-7-12(8-6-11)20-14(18)4-2-10-16/h11-12H,1-10H2. The lowest BCUT2D eigenvalue weighted by Crippen LogP contribution is -2.29. The van der Waals surface area contributed by atoms with Gasteiger partial charge in [-0.15, -0.1) is 0 Å². The lowest BCUT2D eigenvalue weighted by Gasteiger charge is -2.28. The van der Waals surface area contributed by atoms with Crippen molar-refractivity contribution in [3.8, 4) is 0 Å². The summed E-state index contributed by atoms with van der Waals surface area (Å²) in [5.74, 6) is -0.187. The van der Waals surface area contributed by atoms with Crippen LogP contribution in [0.3, 0.4) is 0 Å². The minimum absolute atomic E-state index is 0.0148. The first-order chi connectivity index (χ1) is 9.65. The number of esters is 2. The number of alkyl halides is 2. The minimum Gasteiger partial charge on any atom is -0.462 e. The van der Waals surface area contributed by atoms with Crippen molar-refractivity contribution in [2.75, 3.05) is 8.86 Å². The summed E-state index contributed by atoms with van der Waals surface area (Å²) >= 11 is 4.52. The molecule has 1 fully saturated rings. The lowest BCUT2D eigenvalue weighted by molar-refractivity contribution is -0.158. The predicted octanol–water partition coefficient (Wildman–Crippen LogP) is 3.81. The molecule has 0 spiro atoms. The quantitative estimate of drug-likeness (QED) is 0.285. The highest BCUT2D eigenvalue weighted by Crippen LogP contribution is 2.24. The zero-order valence-electron chi connectivity index (χ0n) is 11.6. The van der Waals surface area contributed by atoms with E-state index in [9.17, 15) is 9.59 Å². The molecule has 0 aromatic rings. The molecule has 0 amide bonds. The summed E-state index contributed by atoms with van der Waals surface area (Å²) in [4.78, 5) is 23.1. The Kier molecular flexibility index (Phi) is 10.2. The molecule has 0 unspecified atom stereocenters. The van der Waals surface area contributed by atoms with Gasteiger partial charge in [-0.25, -0.2) is 0 Å². The molecule has 0 saturated heterocycles. The second kappa shape index (κ2) is 11.0. The van der Waals surface area contributed by atoms with Gasteiger partial charge in [0.05, 0.1) is 0 Å². The molecule has 6 heteroatoms. The molecule has 1 rings (SSSR count). The van der Waals surface area contributed by atoms with Gasteiger partial charge in [-0.05, 0) is 38.5 Å². The maximum atomic E-state index is 11.5. The molecule has 0 N–H and O–H groups in total. The molecule has 0 aliphatic heterocycles. The van der Waals surface area contributed by atoms with Crippen LogP contribution >= 0.6 is 45.2 Å². The number of hydrogen-bond donors (Lipinski definition) is 0. The third kappa shape index (κ3) is 7.99. The normalized spacial score (nSPS) is 22.3. The van der Waals surface area contributed by atoms with Crippen LogP contribution in [0.5, 0.6) is 0 Å². The summed E-state index contributed by atoms with van der Waals surface area (Å²) < 4.78 is 12.8. The molecular formula is C14H22I2O4. The molecular weight excluding hydrogens is 486 g/mol. The van der Waals surface area contributed by atoms with E-state index in [4.69, 9.17) is 9.47 Å². The van der Waals surface area contributed by atoms with Crippen molar-refractivity contribution in [2.24, 2.45) is 0 Å². The number of hydrogen-bond acceptors (Lipinski definition) is 4. The third-order valence-electron chi connectivity index (χ3n) is 3.25. The number of ether oxygens (including phenoxy) is 2. The number of halogens is 2. The molecule has 1 aliphatic carbocycles. The Balaban J connectivity index is 2.16. The van der Waals surface area contributed by atoms with E-state index in [0.717, 1.165) is 47.4 Å². The van der Waals surface area contributed by atoms with E-state index in [-0.39, 0.29) is 24.1 Å². The number of carbonyl (C=O) groups is 2. The second-order valence-corrected chi connectivity index (χ2v) is 7.12. The van der Waals surface area contributed by atoms with Crippen LogP contribution in [0.1, 0.15) is 51.4 Å². The average molecular weight is 508 g/mol. The van der Waals surface area contributed by atoms with Crippen molar-refractivity contribution < 1.29 is 19.1 Å². The number of rotatable bonds is 8. The zero-order chi connectivity index (χ0) is 14.8. The van der Waals surface area contributed by atoms with E-state index in [1.807, 2.05) is 0 Å². The zero-order valence-corrected chi connectivity index (χ0v) is 15.9. The Labute approximate surface area is 148 Å². The van der Waals surface area contributed by atoms with Crippen molar-refractivity contribution >= 4 is 57.1 Å². The van der Waals surface area contributed by atoms with Crippen molar-refractivity contribution in [3.05, 3.63) is 0 Å². The maximum Gasteiger partial charge on any atom is 0.306 e. The summed E-state index contributed by atoms with van der Waals surface area (Å²) in [7, 11) is 0. The topological polar surface area (TPSA) is 52.6 Å². The summed E-state index contributed by atoms with van der Waals surface area (Å²) in [6, 6.07) is 0. The minimum atomic E-state index is -0.0934. The van der Waals surface area contributed by atoms with Gasteiger partial charge in [0.25, 0.3) is 0 Å². The SMILES string of the molecule is O=C(CCCI)OC1CCC(OC(=O)CCCI)CC1. The van der Waals surface area contributed by atoms with Crippen LogP contribution in [0.15, 0.2) is 0 Å². The Morgan fingerprint density at radius 3 is 1.45 bits per heavy atom. The van der Waals surface area contributed by atoms with Crippen LogP contribution in [0, 0.1) is 0 Å². The highest BCUT2D eigenvalue weighted by Gasteiger charge is 2.25. The summed E-state index contributed by atoms with van der Waals surface area (Å²) in [6.07, 6.45) is 6.03. The van der Waals surface area contributed by atoms with Crippen LogP contribution in [-0.4, -0.2) is 33.0 Å². The molecule has 1 aliphatic rings. The number of carbonyl (C=O) groups excluding carboxylic acids is 2. The van der Waals surface area contributed by atoms with Crippen molar-refractivity contribution in [2.45, 2.75) is 63.6 Å². The second-order valence-electron chi connectivity index (χ2n) is 4.96. The highest BCUT2D eigenvalue weighted by atomic mass is 127. The highest BCUT2D eigenvalue weighted by molar-refractivity contribution is 14.1. The van der Waals surface area contributed by atoms with Crippen LogP contribution in [0.4, 0.5) is 0 Å². The van der Waals surface area contributed by atoms with Crippen molar-refractivity contribution in [3.63, 3.8) is 0 Å². The average Bonchev–Trinajstić information content (AvgIpc) is 2.45. The fourth-order valence-electron chi connectivity index (χ4n) is 2.18. The molecule has 0 radical (unpaired) electrons. The summed E-state index contributed by atoms with van der Waals surface area (Å²) in [5, 5.41) is 0. The fourth-order valence-corrected chi connectivity index (χ4v) is 2.94. The largest absolute Gasteiger partial charge is 0.462 e. The van der Waals surface area contributed by atoms with Crippen LogP contribution in [-0.2, 0) is 19.1 Å². The fraction of sp³-hybridized carbons (Fsp3) is 0.857. The van der Waals surface area contributed by atoms with Crippen LogP contribution < -0.4 is 0 Å². The van der Waals surface area contributed by atoms with Gasteiger partial charge in [0, 0.05) is 21.7 Å². The van der Waals surface area contributed by atoms with Gasteiger partial charge in [0.15, 0.2) is 0 Å². The van der Waals surface area contributed by atoms with Gasteiger partial charge in [0.1, 0.15) is 12.2 Å². The van der Waals surface area contributed by atoms with Gasteiger partial charge in [0.2, 0.25) is 0 Å². The van der Waals surface area contributed by atoms with Gasteiger partial charge >= 0.3 is 11.9 Å². The molecule has 0 atom stereocenters. The van der Waals surface area contributed by atoms with E-state index in [0.29, 0.717) is 12.8 Å². The monoisotopic (exact) mass is 508 g/mol. The van der Waals surface area contributed by atoms with Crippen LogP contribution in [0.25, 0.3) is 0 Å². The molecule has 0 aromatic carbocycles. The summed E-state index contributed by atoms with van der Waals surface area (Å²) in [5.41, 5.74) is 0. The molecule has 116 valence electrons. The molecule has 0 bridgehead atoms. The Morgan fingerprint density at radius 2 is 1.15 bits per heavy atom. The van der Waals surface area contributed by atoms with Crippen LogP contribution in [0.2, 0.25) is 0 Å². The molecule has 20 heavy (non-hydrogen) atoms. The Bertz CT molecular complexity index is 272. The molecule has 4 nitrogen and oxygen atoms in total. The molecule has 0 heterocycles. The van der Waals surface area contributed by atoms with Gasteiger partial charge in [-0.2, -0.15) is 0 Å². The molecule has 0 aromatic heterocycles. The van der Waals surface area contributed by atoms with E-state index in [1.165, 1.54) is 0 Å². The van der Waals surface area contributed by atoms with Crippen molar-refractivity contribution in [1.82, 2.24) is 0 Å². The van der Waals surface area contributed by atoms with Crippen molar-refractivity contribution in [1.29, 1.82) is 0 Å². The Hall–Kier alpha value is 0.400. The van der Waals surface area contributed by atoms with Gasteiger partial charge in [-0.1, -0.05) is 45.2 Å². The van der Waals surface area contributed by atoms with E-state index < -0.39 is 0 Å². The van der Waals surface area contributed by atoms with Gasteiger partial charge in [-0.3, -0.25) is 9.59 Å².